The fourth-order valence-electron chi connectivity index (χ4n) is 2.54. The topological polar surface area (TPSA) is 77.0 Å². The Morgan fingerprint density at radius 1 is 1.09 bits per heavy atom. The van der Waals surface area contributed by atoms with Crippen LogP contribution in [0.4, 0.5) is 4.39 Å². The molecule has 0 atom stereocenters. The molecule has 9 heteroatoms. The van der Waals surface area contributed by atoms with Crippen LogP contribution >= 0.6 is 31.9 Å². The van der Waals surface area contributed by atoms with Crippen molar-refractivity contribution < 1.29 is 23.5 Å². The number of amides is 1. The molecule has 0 saturated heterocycles. The second-order valence-electron chi connectivity index (χ2n) is 6.60. The third-order valence-corrected chi connectivity index (χ3v) is 5.12. The van der Waals surface area contributed by atoms with Gasteiger partial charge in [0, 0.05) is 10.0 Å². The fraction of sp³-hybridized carbons (Fsp3) is 0.0870. The van der Waals surface area contributed by atoms with Crippen molar-refractivity contribution in [2.75, 3.05) is 6.61 Å². The second-order valence-corrected chi connectivity index (χ2v) is 8.37. The number of rotatable bonds is 7. The largest absolute Gasteiger partial charge is 0.484 e. The molecular formula is C23H17Br2FN2O4. The molecule has 0 aromatic heterocycles. The summed E-state index contributed by atoms with van der Waals surface area (Å²) in [5.41, 5.74) is 3.90. The molecule has 0 saturated carbocycles. The summed E-state index contributed by atoms with van der Waals surface area (Å²) in [5.74, 6) is -1.02. The van der Waals surface area contributed by atoms with Crippen LogP contribution in [-0.4, -0.2) is 24.7 Å². The van der Waals surface area contributed by atoms with E-state index in [4.69, 9.17) is 9.47 Å². The molecule has 3 rings (SSSR count). The fourth-order valence-corrected chi connectivity index (χ4v) is 3.88. The van der Waals surface area contributed by atoms with Gasteiger partial charge in [-0.05, 0) is 65.3 Å². The van der Waals surface area contributed by atoms with Crippen LogP contribution in [0.15, 0.2) is 74.7 Å². The zero-order valence-electron chi connectivity index (χ0n) is 16.8. The number of hydrazone groups is 1. The summed E-state index contributed by atoms with van der Waals surface area (Å²) in [6.07, 6.45) is 1.33. The van der Waals surface area contributed by atoms with E-state index in [2.05, 4.69) is 42.4 Å². The normalized spacial score (nSPS) is 10.8. The Morgan fingerprint density at radius 3 is 2.56 bits per heavy atom. The van der Waals surface area contributed by atoms with Gasteiger partial charge in [-0.3, -0.25) is 4.79 Å². The van der Waals surface area contributed by atoms with Crippen molar-refractivity contribution in [3.8, 4) is 11.5 Å². The van der Waals surface area contributed by atoms with Gasteiger partial charge >= 0.3 is 5.97 Å². The molecular weight excluding hydrogens is 547 g/mol. The Morgan fingerprint density at radius 2 is 1.84 bits per heavy atom. The maximum absolute atomic E-state index is 13.4. The first-order valence-corrected chi connectivity index (χ1v) is 10.9. The van der Waals surface area contributed by atoms with Gasteiger partial charge in [-0.15, -0.1) is 0 Å². The number of hydrogen-bond donors (Lipinski definition) is 1. The lowest BCUT2D eigenvalue weighted by Gasteiger charge is -2.10. The maximum atomic E-state index is 13.4. The predicted molar refractivity (Wildman–Crippen MR) is 126 cm³/mol. The first kappa shape index (κ1) is 23.6. The number of nitrogens with one attached hydrogen (secondary N) is 1. The van der Waals surface area contributed by atoms with Crippen LogP contribution in [0.5, 0.6) is 11.5 Å². The molecule has 0 aliphatic carbocycles. The third-order valence-electron chi connectivity index (χ3n) is 4.08. The highest BCUT2D eigenvalue weighted by Crippen LogP contribution is 2.32. The summed E-state index contributed by atoms with van der Waals surface area (Å²) in [6, 6.07) is 15.8. The average molecular weight is 564 g/mol. The van der Waals surface area contributed by atoms with Crippen LogP contribution in [0, 0.1) is 12.7 Å². The van der Waals surface area contributed by atoms with Crippen LogP contribution in [0.3, 0.4) is 0 Å². The maximum Gasteiger partial charge on any atom is 0.343 e. The van der Waals surface area contributed by atoms with E-state index in [9.17, 15) is 14.0 Å². The molecule has 164 valence electrons. The first-order valence-electron chi connectivity index (χ1n) is 9.30. The molecule has 0 aliphatic rings. The Bertz CT molecular complexity index is 1170. The number of benzene rings is 3. The minimum Gasteiger partial charge on any atom is -0.484 e. The standard InChI is InChI=1S/C23H17Br2FN2O4/c1-14-5-7-19(8-6-14)31-13-21(29)28-27-12-16-9-17(24)11-20(25)22(16)32-23(30)15-3-2-4-18(26)10-15/h2-12H,13H2,1H3,(H,28,29)/b27-12-. The summed E-state index contributed by atoms with van der Waals surface area (Å²) in [7, 11) is 0. The minimum absolute atomic E-state index is 0.0595. The number of carbonyl (C=O) groups excluding carboxylic acids is 2. The van der Waals surface area contributed by atoms with E-state index in [1.54, 1.807) is 24.3 Å². The lowest BCUT2D eigenvalue weighted by atomic mass is 10.2. The Hall–Kier alpha value is -3.04. The number of nitrogens with zero attached hydrogens (tertiary/aromatic N) is 1. The molecule has 1 amide bonds. The van der Waals surface area contributed by atoms with E-state index >= 15 is 0 Å². The summed E-state index contributed by atoms with van der Waals surface area (Å²) >= 11 is 6.70. The molecule has 0 aliphatic heterocycles. The van der Waals surface area contributed by atoms with Gasteiger partial charge in [-0.2, -0.15) is 5.10 Å². The monoisotopic (exact) mass is 562 g/mol. The Balaban J connectivity index is 1.67. The Kier molecular flexibility index (Phi) is 8.13. The first-order chi connectivity index (χ1) is 15.3. The zero-order chi connectivity index (χ0) is 23.1. The lowest BCUT2D eigenvalue weighted by Crippen LogP contribution is -2.24. The minimum atomic E-state index is -0.738. The van der Waals surface area contributed by atoms with E-state index in [-0.39, 0.29) is 17.9 Å². The highest BCUT2D eigenvalue weighted by atomic mass is 79.9. The molecule has 32 heavy (non-hydrogen) atoms. The van der Waals surface area contributed by atoms with Gasteiger partial charge in [0.15, 0.2) is 12.4 Å². The van der Waals surface area contributed by atoms with Crippen molar-refractivity contribution >= 4 is 50.0 Å². The predicted octanol–water partition coefficient (Wildman–Crippen LogP) is 5.41. The Labute approximate surface area is 200 Å². The molecule has 3 aromatic carbocycles. The molecule has 1 N–H and O–H groups in total. The molecule has 0 unspecified atom stereocenters. The molecule has 0 heterocycles. The molecule has 0 radical (unpaired) electrons. The van der Waals surface area contributed by atoms with Crippen molar-refractivity contribution in [3.63, 3.8) is 0 Å². The molecule has 0 fully saturated rings. The zero-order valence-corrected chi connectivity index (χ0v) is 19.9. The number of hydrogen-bond acceptors (Lipinski definition) is 5. The number of ether oxygens (including phenoxy) is 2. The van der Waals surface area contributed by atoms with Crippen LogP contribution in [0.2, 0.25) is 0 Å². The summed E-state index contributed by atoms with van der Waals surface area (Å²) in [4.78, 5) is 24.4. The highest BCUT2D eigenvalue weighted by molar-refractivity contribution is 9.11. The van der Waals surface area contributed by atoms with Crippen molar-refractivity contribution in [1.29, 1.82) is 0 Å². The number of aryl methyl sites for hydroxylation is 1. The molecule has 0 spiro atoms. The summed E-state index contributed by atoms with van der Waals surface area (Å²) in [6.45, 7) is 1.74. The van der Waals surface area contributed by atoms with Crippen molar-refractivity contribution in [2.24, 2.45) is 5.10 Å². The van der Waals surface area contributed by atoms with E-state index in [1.807, 2.05) is 19.1 Å². The van der Waals surface area contributed by atoms with Crippen LogP contribution < -0.4 is 14.9 Å². The van der Waals surface area contributed by atoms with Gasteiger partial charge in [0.1, 0.15) is 11.6 Å². The van der Waals surface area contributed by atoms with Gasteiger partial charge in [-0.25, -0.2) is 14.6 Å². The van der Waals surface area contributed by atoms with Crippen LogP contribution in [0.25, 0.3) is 0 Å². The smallest absolute Gasteiger partial charge is 0.343 e. The van der Waals surface area contributed by atoms with Crippen molar-refractivity contribution in [1.82, 2.24) is 5.43 Å². The quantitative estimate of drug-likeness (QED) is 0.180. The van der Waals surface area contributed by atoms with Gasteiger partial charge in [-0.1, -0.05) is 39.7 Å². The number of esters is 1. The summed E-state index contributed by atoms with van der Waals surface area (Å²) < 4.78 is 25.4. The van der Waals surface area contributed by atoms with Gasteiger partial charge in [0.2, 0.25) is 0 Å². The second kappa shape index (κ2) is 11.0. The van der Waals surface area contributed by atoms with Crippen LogP contribution in [-0.2, 0) is 4.79 Å². The van der Waals surface area contributed by atoms with Gasteiger partial charge < -0.3 is 9.47 Å². The molecule has 3 aromatic rings. The van der Waals surface area contributed by atoms with Crippen molar-refractivity contribution in [3.05, 3.63) is 92.1 Å². The van der Waals surface area contributed by atoms with Crippen LogP contribution in [0.1, 0.15) is 21.5 Å². The SMILES string of the molecule is Cc1ccc(OCC(=O)N/N=C\c2cc(Br)cc(Br)c2OC(=O)c2cccc(F)c2)cc1. The lowest BCUT2D eigenvalue weighted by molar-refractivity contribution is -0.123. The molecule has 0 bridgehead atoms. The van der Waals surface area contributed by atoms with Crippen molar-refractivity contribution in [2.45, 2.75) is 6.92 Å². The van der Waals surface area contributed by atoms with E-state index in [0.717, 1.165) is 11.6 Å². The number of halogens is 3. The summed E-state index contributed by atoms with van der Waals surface area (Å²) in [5, 5.41) is 3.91. The van der Waals surface area contributed by atoms with Gasteiger partial charge in [0.25, 0.3) is 5.91 Å². The van der Waals surface area contributed by atoms with Gasteiger partial charge in [0.05, 0.1) is 16.3 Å². The highest BCUT2D eigenvalue weighted by Gasteiger charge is 2.16. The van der Waals surface area contributed by atoms with E-state index in [0.29, 0.717) is 20.3 Å². The third kappa shape index (κ3) is 6.73. The van der Waals surface area contributed by atoms with E-state index in [1.165, 1.54) is 24.4 Å². The molecule has 6 nitrogen and oxygen atoms in total. The number of carbonyl (C=O) groups is 2. The average Bonchev–Trinajstić information content (AvgIpc) is 2.75. The van der Waals surface area contributed by atoms with E-state index < -0.39 is 17.7 Å².